The predicted octanol–water partition coefficient (Wildman–Crippen LogP) is 0.252. The Morgan fingerprint density at radius 1 is 1.37 bits per heavy atom. The van der Waals surface area contributed by atoms with Crippen LogP contribution in [0.2, 0.25) is 0 Å². The molecule has 1 unspecified atom stereocenters. The van der Waals surface area contributed by atoms with E-state index in [0.717, 1.165) is 0 Å². The zero-order valence-corrected chi connectivity index (χ0v) is 11.7. The van der Waals surface area contributed by atoms with Crippen LogP contribution >= 0.6 is 0 Å². The van der Waals surface area contributed by atoms with E-state index in [1.54, 1.807) is 40.4 Å². The van der Waals surface area contributed by atoms with Gasteiger partial charge in [-0.25, -0.2) is 0 Å². The van der Waals surface area contributed by atoms with Gasteiger partial charge in [0, 0.05) is 34.9 Å². The Bertz CT molecular complexity index is 394. The molecule has 1 heterocycles. The molecule has 0 saturated carbocycles. The first kappa shape index (κ1) is 15.3. The second-order valence-corrected chi connectivity index (χ2v) is 4.20. The highest BCUT2D eigenvalue weighted by Crippen LogP contribution is 2.04. The van der Waals surface area contributed by atoms with Gasteiger partial charge in [-0.3, -0.25) is 4.79 Å². The minimum atomic E-state index is -0.173. The minimum Gasteiger partial charge on any atom is -0.382 e. The van der Waals surface area contributed by atoms with Crippen LogP contribution in [-0.2, 0) is 9.47 Å². The van der Waals surface area contributed by atoms with Crippen LogP contribution in [0.3, 0.4) is 0 Å². The quantitative estimate of drug-likeness (QED) is 0.764. The molecule has 0 saturated heterocycles. The van der Waals surface area contributed by atoms with Crippen LogP contribution in [0, 0.1) is 0 Å². The highest BCUT2D eigenvalue weighted by molar-refractivity contribution is 5.91. The van der Waals surface area contributed by atoms with E-state index in [9.17, 15) is 4.79 Å². The summed E-state index contributed by atoms with van der Waals surface area (Å²) in [6, 6.07) is 3.35. The topological polar surface area (TPSA) is 76.6 Å². The van der Waals surface area contributed by atoms with E-state index in [4.69, 9.17) is 9.47 Å². The fraction of sp³-hybridized carbons (Fsp3) is 0.583. The van der Waals surface area contributed by atoms with Crippen LogP contribution in [0.25, 0.3) is 0 Å². The van der Waals surface area contributed by atoms with Crippen molar-refractivity contribution in [2.75, 3.05) is 46.8 Å². The lowest BCUT2D eigenvalue weighted by Crippen LogP contribution is -2.27. The summed E-state index contributed by atoms with van der Waals surface area (Å²) in [5.41, 5.74) is 0.315. The first-order valence-electron chi connectivity index (χ1n) is 5.89. The van der Waals surface area contributed by atoms with Crippen molar-refractivity contribution in [1.82, 2.24) is 15.1 Å². The van der Waals surface area contributed by atoms with Crippen LogP contribution in [0.1, 0.15) is 10.5 Å². The van der Waals surface area contributed by atoms with Crippen molar-refractivity contribution >= 4 is 11.7 Å². The molecule has 0 aromatic carbocycles. The number of nitrogens with zero attached hydrogens (tertiary/aromatic N) is 3. The van der Waals surface area contributed by atoms with E-state index in [1.165, 1.54) is 4.90 Å². The molecule has 0 fully saturated rings. The summed E-state index contributed by atoms with van der Waals surface area (Å²) in [4.78, 5) is 13.1. The highest BCUT2D eigenvalue weighted by Gasteiger charge is 2.11. The van der Waals surface area contributed by atoms with Crippen LogP contribution in [0.15, 0.2) is 12.1 Å². The molecule has 0 radical (unpaired) electrons. The van der Waals surface area contributed by atoms with Crippen molar-refractivity contribution in [3.05, 3.63) is 17.8 Å². The first-order chi connectivity index (χ1) is 9.08. The zero-order chi connectivity index (χ0) is 14.3. The fourth-order valence-corrected chi connectivity index (χ4v) is 1.38. The van der Waals surface area contributed by atoms with Gasteiger partial charge in [0.25, 0.3) is 5.91 Å². The molecule has 0 aliphatic heterocycles. The van der Waals surface area contributed by atoms with Crippen molar-refractivity contribution in [3.63, 3.8) is 0 Å². The van der Waals surface area contributed by atoms with Crippen molar-refractivity contribution in [1.29, 1.82) is 0 Å². The van der Waals surface area contributed by atoms with Crippen molar-refractivity contribution in [2.24, 2.45) is 0 Å². The van der Waals surface area contributed by atoms with Gasteiger partial charge in [-0.2, -0.15) is 0 Å². The SMILES string of the molecule is COCC(CNc1ccc(C(=O)N(C)C)nn1)OC. The Hall–Kier alpha value is -1.73. The molecule has 1 aromatic rings. The molecule has 0 aliphatic rings. The van der Waals surface area contributed by atoms with Gasteiger partial charge < -0.3 is 19.7 Å². The summed E-state index contributed by atoms with van der Waals surface area (Å²) in [7, 11) is 6.58. The van der Waals surface area contributed by atoms with Gasteiger partial charge in [0.05, 0.1) is 12.7 Å². The number of amides is 1. The summed E-state index contributed by atoms with van der Waals surface area (Å²) in [5.74, 6) is 0.418. The smallest absolute Gasteiger partial charge is 0.273 e. The molecule has 19 heavy (non-hydrogen) atoms. The van der Waals surface area contributed by atoms with E-state index < -0.39 is 0 Å². The number of hydrogen-bond acceptors (Lipinski definition) is 6. The molecule has 1 atom stereocenters. The predicted molar refractivity (Wildman–Crippen MR) is 71.2 cm³/mol. The maximum Gasteiger partial charge on any atom is 0.273 e. The Kier molecular flexibility index (Phi) is 6.17. The standard InChI is InChI=1S/C12H20N4O3/c1-16(2)12(17)10-5-6-11(15-14-10)13-7-9(19-4)8-18-3/h5-6,9H,7-8H2,1-4H3,(H,13,15). The number of carbonyl (C=O) groups excluding carboxylic acids is 1. The average molecular weight is 268 g/mol. The molecule has 1 rings (SSSR count). The molecule has 0 bridgehead atoms. The summed E-state index contributed by atoms with van der Waals surface area (Å²) < 4.78 is 10.2. The maximum atomic E-state index is 11.6. The lowest BCUT2D eigenvalue weighted by Gasteiger charge is -2.15. The van der Waals surface area contributed by atoms with E-state index in [-0.39, 0.29) is 12.0 Å². The second-order valence-electron chi connectivity index (χ2n) is 4.20. The summed E-state index contributed by atoms with van der Waals surface area (Å²) in [6.45, 7) is 1.05. The lowest BCUT2D eigenvalue weighted by atomic mass is 10.3. The number of ether oxygens (including phenoxy) is 2. The normalized spacial score (nSPS) is 12.0. The zero-order valence-electron chi connectivity index (χ0n) is 11.7. The maximum absolute atomic E-state index is 11.6. The van der Waals surface area contributed by atoms with E-state index >= 15 is 0 Å². The van der Waals surface area contributed by atoms with E-state index in [1.807, 2.05) is 0 Å². The van der Waals surface area contributed by atoms with Crippen molar-refractivity contribution in [2.45, 2.75) is 6.10 Å². The molecule has 1 amide bonds. The summed E-state index contributed by atoms with van der Waals surface area (Å²) >= 11 is 0. The molecule has 1 N–H and O–H groups in total. The van der Waals surface area contributed by atoms with Gasteiger partial charge in [0.1, 0.15) is 5.82 Å². The number of anilines is 1. The van der Waals surface area contributed by atoms with Crippen LogP contribution in [0.4, 0.5) is 5.82 Å². The number of nitrogens with one attached hydrogen (secondary N) is 1. The minimum absolute atomic E-state index is 0.0603. The second kappa shape index (κ2) is 7.65. The monoisotopic (exact) mass is 268 g/mol. The van der Waals surface area contributed by atoms with Crippen molar-refractivity contribution < 1.29 is 14.3 Å². The Morgan fingerprint density at radius 2 is 2.11 bits per heavy atom. The van der Waals surface area contributed by atoms with Crippen molar-refractivity contribution in [3.8, 4) is 0 Å². The molecular formula is C12H20N4O3. The third-order valence-electron chi connectivity index (χ3n) is 2.49. The molecule has 106 valence electrons. The molecule has 7 heteroatoms. The molecular weight excluding hydrogens is 248 g/mol. The number of carbonyl (C=O) groups is 1. The molecule has 7 nitrogen and oxygen atoms in total. The van der Waals surface area contributed by atoms with Gasteiger partial charge in [-0.15, -0.1) is 10.2 Å². The largest absolute Gasteiger partial charge is 0.382 e. The summed E-state index contributed by atoms with van der Waals surface area (Å²) in [6.07, 6.45) is -0.0603. The number of hydrogen-bond donors (Lipinski definition) is 1. The van der Waals surface area contributed by atoms with Crippen LogP contribution in [-0.4, -0.2) is 68.6 Å². The third-order valence-corrected chi connectivity index (χ3v) is 2.49. The third kappa shape index (κ3) is 4.80. The molecule has 0 aliphatic carbocycles. The first-order valence-corrected chi connectivity index (χ1v) is 5.89. The van der Waals surface area contributed by atoms with Gasteiger partial charge in [-0.05, 0) is 12.1 Å². The number of rotatable bonds is 7. The lowest BCUT2D eigenvalue weighted by molar-refractivity contribution is 0.0365. The van der Waals surface area contributed by atoms with E-state index in [0.29, 0.717) is 24.7 Å². The van der Waals surface area contributed by atoms with Gasteiger partial charge in [0.2, 0.25) is 0 Å². The van der Waals surface area contributed by atoms with Crippen LogP contribution < -0.4 is 5.32 Å². The van der Waals surface area contributed by atoms with Gasteiger partial charge >= 0.3 is 0 Å². The number of methoxy groups -OCH3 is 2. The Balaban J connectivity index is 2.55. The molecule has 0 spiro atoms. The Morgan fingerprint density at radius 3 is 2.58 bits per heavy atom. The average Bonchev–Trinajstić information content (AvgIpc) is 2.43. The van der Waals surface area contributed by atoms with Gasteiger partial charge in [0.15, 0.2) is 5.69 Å². The van der Waals surface area contributed by atoms with Gasteiger partial charge in [-0.1, -0.05) is 0 Å². The molecule has 1 aromatic heterocycles. The summed E-state index contributed by atoms with van der Waals surface area (Å²) in [5, 5.41) is 10.9. The van der Waals surface area contributed by atoms with E-state index in [2.05, 4.69) is 15.5 Å². The Labute approximate surface area is 112 Å². The van der Waals surface area contributed by atoms with Crippen LogP contribution in [0.5, 0.6) is 0 Å². The number of aromatic nitrogens is 2. The highest BCUT2D eigenvalue weighted by atomic mass is 16.5. The fourth-order valence-electron chi connectivity index (χ4n) is 1.38.